The Morgan fingerprint density at radius 3 is 2.83 bits per heavy atom. The summed E-state index contributed by atoms with van der Waals surface area (Å²) in [6.45, 7) is 2.03. The molecule has 0 amide bonds. The van der Waals surface area contributed by atoms with Crippen molar-refractivity contribution in [3.8, 4) is 0 Å². The fourth-order valence-electron chi connectivity index (χ4n) is 1.29. The fourth-order valence-corrected chi connectivity index (χ4v) is 1.50. The van der Waals surface area contributed by atoms with Gasteiger partial charge in [0, 0.05) is 11.6 Å². The Morgan fingerprint density at radius 1 is 1.25 bits per heavy atom. The number of hydrogen-bond acceptors (Lipinski definition) is 1. The summed E-state index contributed by atoms with van der Waals surface area (Å²) in [4.78, 5) is 4.26. The van der Waals surface area contributed by atoms with Crippen LogP contribution in [0.25, 0.3) is 10.9 Å². The molecule has 0 N–H and O–H groups in total. The lowest BCUT2D eigenvalue weighted by Crippen LogP contribution is -1.82. The van der Waals surface area contributed by atoms with Crippen molar-refractivity contribution in [3.63, 3.8) is 0 Å². The molecule has 0 aliphatic heterocycles. The molecule has 0 fully saturated rings. The van der Waals surface area contributed by atoms with E-state index in [0.717, 1.165) is 21.5 Å². The van der Waals surface area contributed by atoms with Gasteiger partial charge in [-0.1, -0.05) is 29.8 Å². The molecule has 0 atom stereocenters. The number of aromatic nitrogens is 1. The number of nitrogens with zero attached hydrogens (tertiary/aromatic N) is 1. The van der Waals surface area contributed by atoms with Gasteiger partial charge in [-0.3, -0.25) is 4.98 Å². The molecule has 1 aromatic heterocycles. The summed E-state index contributed by atoms with van der Waals surface area (Å²) in [7, 11) is 0. The largest absolute Gasteiger partial charge is 0.256 e. The van der Waals surface area contributed by atoms with Crippen molar-refractivity contribution < 1.29 is 0 Å². The summed E-state index contributed by atoms with van der Waals surface area (Å²) in [5.74, 6) is 0. The van der Waals surface area contributed by atoms with Crippen molar-refractivity contribution in [2.45, 2.75) is 6.92 Å². The molecular weight excluding hydrogens is 170 g/mol. The van der Waals surface area contributed by atoms with Gasteiger partial charge in [0.25, 0.3) is 0 Å². The van der Waals surface area contributed by atoms with E-state index in [1.54, 1.807) is 6.20 Å². The van der Waals surface area contributed by atoms with E-state index in [1.165, 1.54) is 0 Å². The van der Waals surface area contributed by atoms with Crippen molar-refractivity contribution in [3.05, 3.63) is 41.0 Å². The van der Waals surface area contributed by atoms with Gasteiger partial charge in [-0.15, -0.1) is 0 Å². The van der Waals surface area contributed by atoms with Crippen LogP contribution in [0.15, 0.2) is 30.5 Å². The van der Waals surface area contributed by atoms with Crippen LogP contribution >= 0.6 is 11.6 Å². The number of fused-ring (bicyclic) bond motifs is 1. The molecule has 0 aliphatic carbocycles. The van der Waals surface area contributed by atoms with Crippen LogP contribution in [0.1, 0.15) is 5.56 Å². The Hall–Kier alpha value is -1.08. The van der Waals surface area contributed by atoms with E-state index < -0.39 is 0 Å². The molecule has 2 aromatic rings. The number of halogens is 1. The van der Waals surface area contributed by atoms with Crippen LogP contribution in [0.5, 0.6) is 0 Å². The second-order valence-electron chi connectivity index (χ2n) is 2.76. The third kappa shape index (κ3) is 1.07. The van der Waals surface area contributed by atoms with Gasteiger partial charge in [0.15, 0.2) is 0 Å². The van der Waals surface area contributed by atoms with Gasteiger partial charge in [0.1, 0.15) is 0 Å². The number of benzene rings is 1. The lowest BCUT2D eigenvalue weighted by atomic mass is 10.1. The van der Waals surface area contributed by atoms with Gasteiger partial charge in [-0.2, -0.15) is 0 Å². The van der Waals surface area contributed by atoms with E-state index >= 15 is 0 Å². The molecule has 12 heavy (non-hydrogen) atoms. The highest BCUT2D eigenvalue weighted by molar-refractivity contribution is 6.35. The average molecular weight is 178 g/mol. The Balaban J connectivity index is 2.94. The smallest absolute Gasteiger partial charge is 0.0746 e. The second-order valence-corrected chi connectivity index (χ2v) is 3.17. The molecule has 0 radical (unpaired) electrons. The molecule has 1 nitrogen and oxygen atoms in total. The third-order valence-corrected chi connectivity index (χ3v) is 2.25. The average Bonchev–Trinajstić information content (AvgIpc) is 2.07. The Morgan fingerprint density at radius 2 is 2.08 bits per heavy atom. The third-order valence-electron chi connectivity index (χ3n) is 1.92. The van der Waals surface area contributed by atoms with Crippen molar-refractivity contribution >= 4 is 22.5 Å². The van der Waals surface area contributed by atoms with Crippen molar-refractivity contribution in [2.24, 2.45) is 0 Å². The maximum atomic E-state index is 5.99. The van der Waals surface area contributed by atoms with E-state index in [0.29, 0.717) is 0 Å². The van der Waals surface area contributed by atoms with Crippen molar-refractivity contribution in [2.75, 3.05) is 0 Å². The van der Waals surface area contributed by atoms with E-state index in [-0.39, 0.29) is 0 Å². The van der Waals surface area contributed by atoms with E-state index in [2.05, 4.69) is 4.98 Å². The van der Waals surface area contributed by atoms with Crippen molar-refractivity contribution in [1.29, 1.82) is 0 Å². The van der Waals surface area contributed by atoms with Crippen LogP contribution in [-0.2, 0) is 0 Å². The lowest BCUT2D eigenvalue weighted by molar-refractivity contribution is 1.37. The first-order chi connectivity index (χ1) is 5.79. The van der Waals surface area contributed by atoms with Gasteiger partial charge in [0.05, 0.1) is 10.5 Å². The molecule has 2 rings (SSSR count). The monoisotopic (exact) mass is 177 g/mol. The fraction of sp³-hybridized carbons (Fsp3) is 0.100. The molecule has 2 heteroatoms. The zero-order valence-electron chi connectivity index (χ0n) is 6.71. The number of aryl methyl sites for hydroxylation is 1. The zero-order chi connectivity index (χ0) is 8.55. The normalized spacial score (nSPS) is 10.5. The minimum absolute atomic E-state index is 0.767. The maximum absolute atomic E-state index is 5.99. The van der Waals surface area contributed by atoms with E-state index in [4.69, 9.17) is 11.6 Å². The summed E-state index contributed by atoms with van der Waals surface area (Å²) in [5, 5.41) is 1.79. The molecule has 0 saturated carbocycles. The molecule has 0 spiro atoms. The number of hydrogen-bond donors (Lipinski definition) is 0. The SMILES string of the molecule is Cc1cccc2c(Cl)ccnc12. The summed E-state index contributed by atoms with van der Waals surface area (Å²) in [5.41, 5.74) is 2.15. The quantitative estimate of drug-likeness (QED) is 0.602. The standard InChI is InChI=1S/C10H8ClN/c1-7-3-2-4-8-9(11)5-6-12-10(7)8/h2-6H,1H3. The first-order valence-electron chi connectivity index (χ1n) is 3.79. The van der Waals surface area contributed by atoms with E-state index in [1.807, 2.05) is 31.2 Å². The van der Waals surface area contributed by atoms with Gasteiger partial charge in [-0.25, -0.2) is 0 Å². The van der Waals surface area contributed by atoms with Gasteiger partial charge in [0.2, 0.25) is 0 Å². The molecular formula is C10H8ClN. The highest BCUT2D eigenvalue weighted by Gasteiger charge is 1.99. The van der Waals surface area contributed by atoms with Crippen LogP contribution < -0.4 is 0 Å². The molecule has 1 aromatic carbocycles. The van der Waals surface area contributed by atoms with Gasteiger partial charge < -0.3 is 0 Å². The first-order valence-corrected chi connectivity index (χ1v) is 4.16. The molecule has 1 heterocycles. The topological polar surface area (TPSA) is 12.9 Å². The van der Waals surface area contributed by atoms with E-state index in [9.17, 15) is 0 Å². The summed E-state index contributed by atoms with van der Waals surface area (Å²) >= 11 is 5.99. The lowest BCUT2D eigenvalue weighted by Gasteiger charge is -2.00. The maximum Gasteiger partial charge on any atom is 0.0746 e. The molecule has 60 valence electrons. The van der Waals surface area contributed by atoms with Crippen molar-refractivity contribution in [1.82, 2.24) is 4.98 Å². The highest BCUT2D eigenvalue weighted by Crippen LogP contribution is 2.22. The van der Waals surface area contributed by atoms with Crippen LogP contribution in [0, 0.1) is 6.92 Å². The first kappa shape index (κ1) is 7.56. The van der Waals surface area contributed by atoms with Crippen LogP contribution in [-0.4, -0.2) is 4.98 Å². The molecule has 0 unspecified atom stereocenters. The Labute approximate surface area is 76.0 Å². The molecule has 0 aliphatic rings. The van der Waals surface area contributed by atoms with Crippen LogP contribution in [0.2, 0.25) is 5.02 Å². The van der Waals surface area contributed by atoms with Crippen LogP contribution in [0.3, 0.4) is 0 Å². The summed E-state index contributed by atoms with van der Waals surface area (Å²) in [6, 6.07) is 7.82. The predicted octanol–water partition coefficient (Wildman–Crippen LogP) is 3.20. The van der Waals surface area contributed by atoms with Crippen LogP contribution in [0.4, 0.5) is 0 Å². The predicted molar refractivity (Wildman–Crippen MR) is 51.5 cm³/mol. The summed E-state index contributed by atoms with van der Waals surface area (Å²) in [6.07, 6.45) is 1.73. The second kappa shape index (κ2) is 2.76. The minimum atomic E-state index is 0.767. The number of pyridine rings is 1. The number of para-hydroxylation sites is 1. The Bertz CT molecular complexity index is 382. The molecule has 0 bridgehead atoms. The van der Waals surface area contributed by atoms with Gasteiger partial charge >= 0.3 is 0 Å². The molecule has 0 saturated heterocycles. The Kier molecular flexibility index (Phi) is 1.74. The number of rotatable bonds is 0. The summed E-state index contributed by atoms with van der Waals surface area (Å²) < 4.78 is 0. The zero-order valence-corrected chi connectivity index (χ0v) is 7.47. The highest BCUT2D eigenvalue weighted by atomic mass is 35.5. The van der Waals surface area contributed by atoms with Gasteiger partial charge in [-0.05, 0) is 18.6 Å². The minimum Gasteiger partial charge on any atom is -0.256 e.